The molecule has 0 aliphatic heterocycles. The molecular formula is C18H18N2O2S. The molecule has 1 saturated carbocycles. The third kappa shape index (κ3) is 4.86. The molecule has 2 aromatic carbocycles. The third-order valence-electron chi connectivity index (χ3n) is 3.46. The highest BCUT2D eigenvalue weighted by atomic mass is 32.2. The predicted octanol–water partition coefficient (Wildman–Crippen LogP) is 3.31. The van der Waals surface area contributed by atoms with E-state index in [2.05, 4.69) is 10.6 Å². The number of thioether (sulfide) groups is 1. The number of benzene rings is 2. The van der Waals surface area contributed by atoms with Crippen molar-refractivity contribution in [2.75, 3.05) is 11.1 Å². The molecule has 23 heavy (non-hydrogen) atoms. The SMILES string of the molecule is O=C(CSc1ccccc1)Nc1ccc(C(=O)NC2CC2)cc1. The van der Waals surface area contributed by atoms with Gasteiger partial charge in [0.05, 0.1) is 5.75 Å². The minimum absolute atomic E-state index is 0.0509. The topological polar surface area (TPSA) is 58.2 Å². The molecule has 0 saturated heterocycles. The molecule has 2 N–H and O–H groups in total. The Balaban J connectivity index is 1.49. The van der Waals surface area contributed by atoms with Crippen LogP contribution in [0, 0.1) is 0 Å². The highest BCUT2D eigenvalue weighted by Gasteiger charge is 2.23. The molecule has 2 aromatic rings. The second kappa shape index (κ2) is 7.33. The number of nitrogens with one attached hydrogen (secondary N) is 2. The smallest absolute Gasteiger partial charge is 0.251 e. The van der Waals surface area contributed by atoms with Gasteiger partial charge in [-0.05, 0) is 49.2 Å². The maximum atomic E-state index is 11.9. The molecular weight excluding hydrogens is 308 g/mol. The van der Waals surface area contributed by atoms with Crippen molar-refractivity contribution in [2.24, 2.45) is 0 Å². The maximum absolute atomic E-state index is 11.9. The quantitative estimate of drug-likeness (QED) is 0.801. The lowest BCUT2D eigenvalue weighted by atomic mass is 10.2. The van der Waals surface area contributed by atoms with E-state index in [9.17, 15) is 9.59 Å². The molecule has 0 heterocycles. The average Bonchev–Trinajstić information content (AvgIpc) is 3.38. The summed E-state index contributed by atoms with van der Waals surface area (Å²) in [4.78, 5) is 24.9. The highest BCUT2D eigenvalue weighted by molar-refractivity contribution is 8.00. The average molecular weight is 326 g/mol. The van der Waals surface area contributed by atoms with E-state index in [0.29, 0.717) is 23.0 Å². The van der Waals surface area contributed by atoms with Gasteiger partial charge in [0.25, 0.3) is 5.91 Å². The van der Waals surface area contributed by atoms with Crippen molar-refractivity contribution in [3.63, 3.8) is 0 Å². The second-order valence-electron chi connectivity index (χ2n) is 5.47. The molecule has 1 fully saturated rings. The molecule has 5 heteroatoms. The van der Waals surface area contributed by atoms with E-state index in [1.807, 2.05) is 30.3 Å². The van der Waals surface area contributed by atoms with Crippen molar-refractivity contribution in [1.82, 2.24) is 5.32 Å². The van der Waals surface area contributed by atoms with Crippen LogP contribution in [0.15, 0.2) is 59.5 Å². The summed E-state index contributed by atoms with van der Waals surface area (Å²) in [5.41, 5.74) is 1.32. The molecule has 0 atom stereocenters. The Morgan fingerprint density at radius 2 is 1.70 bits per heavy atom. The minimum Gasteiger partial charge on any atom is -0.349 e. The Labute approximate surface area is 139 Å². The predicted molar refractivity (Wildman–Crippen MR) is 92.7 cm³/mol. The summed E-state index contributed by atoms with van der Waals surface area (Å²) in [6.07, 6.45) is 2.14. The van der Waals surface area contributed by atoms with Crippen molar-refractivity contribution in [3.8, 4) is 0 Å². The lowest BCUT2D eigenvalue weighted by Crippen LogP contribution is -2.25. The lowest BCUT2D eigenvalue weighted by molar-refractivity contribution is -0.113. The van der Waals surface area contributed by atoms with Gasteiger partial charge in [0, 0.05) is 22.2 Å². The number of rotatable bonds is 6. The number of hydrogen-bond donors (Lipinski definition) is 2. The molecule has 0 unspecified atom stereocenters. The Morgan fingerprint density at radius 1 is 1.00 bits per heavy atom. The number of carbonyl (C=O) groups is 2. The zero-order valence-corrected chi connectivity index (χ0v) is 13.4. The van der Waals surface area contributed by atoms with Gasteiger partial charge < -0.3 is 10.6 Å². The molecule has 4 nitrogen and oxygen atoms in total. The highest BCUT2D eigenvalue weighted by Crippen LogP contribution is 2.20. The van der Waals surface area contributed by atoms with E-state index in [1.165, 1.54) is 11.8 Å². The van der Waals surface area contributed by atoms with Gasteiger partial charge in [-0.25, -0.2) is 0 Å². The standard InChI is InChI=1S/C18H18N2O2S/c21-17(12-23-16-4-2-1-3-5-16)19-14-8-6-13(7-9-14)18(22)20-15-10-11-15/h1-9,15H,10-12H2,(H,19,21)(H,20,22). The van der Waals surface area contributed by atoms with Gasteiger partial charge in [-0.15, -0.1) is 11.8 Å². The van der Waals surface area contributed by atoms with Gasteiger partial charge in [-0.3, -0.25) is 9.59 Å². The Bertz CT molecular complexity index is 682. The maximum Gasteiger partial charge on any atom is 0.251 e. The second-order valence-corrected chi connectivity index (χ2v) is 6.52. The lowest BCUT2D eigenvalue weighted by Gasteiger charge is -2.07. The van der Waals surface area contributed by atoms with Crippen LogP contribution in [0.1, 0.15) is 23.2 Å². The minimum atomic E-state index is -0.0611. The van der Waals surface area contributed by atoms with Crippen LogP contribution in [0.4, 0.5) is 5.69 Å². The number of hydrogen-bond acceptors (Lipinski definition) is 3. The Morgan fingerprint density at radius 3 is 2.35 bits per heavy atom. The monoisotopic (exact) mass is 326 g/mol. The van der Waals surface area contributed by atoms with Crippen molar-refractivity contribution < 1.29 is 9.59 Å². The molecule has 1 aliphatic rings. The van der Waals surface area contributed by atoms with Crippen LogP contribution in [-0.4, -0.2) is 23.6 Å². The number of anilines is 1. The molecule has 3 rings (SSSR count). The van der Waals surface area contributed by atoms with E-state index in [-0.39, 0.29) is 11.8 Å². The Hall–Kier alpha value is -2.27. The van der Waals surface area contributed by atoms with E-state index < -0.39 is 0 Å². The first-order valence-corrected chi connectivity index (χ1v) is 8.58. The van der Waals surface area contributed by atoms with Crippen LogP contribution in [-0.2, 0) is 4.79 Å². The fourth-order valence-corrected chi connectivity index (χ4v) is 2.78. The van der Waals surface area contributed by atoms with Gasteiger partial charge in [0.15, 0.2) is 0 Å². The van der Waals surface area contributed by atoms with Crippen LogP contribution in [0.5, 0.6) is 0 Å². The van der Waals surface area contributed by atoms with Crippen molar-refractivity contribution in [3.05, 3.63) is 60.2 Å². The molecule has 1 aliphatic carbocycles. The molecule has 0 aromatic heterocycles. The molecule has 0 radical (unpaired) electrons. The molecule has 118 valence electrons. The van der Waals surface area contributed by atoms with Crippen molar-refractivity contribution in [1.29, 1.82) is 0 Å². The summed E-state index contributed by atoms with van der Waals surface area (Å²) in [6.45, 7) is 0. The van der Waals surface area contributed by atoms with E-state index >= 15 is 0 Å². The largest absolute Gasteiger partial charge is 0.349 e. The third-order valence-corrected chi connectivity index (χ3v) is 4.47. The first kappa shape index (κ1) is 15.6. The van der Waals surface area contributed by atoms with Crippen LogP contribution in [0.2, 0.25) is 0 Å². The molecule has 0 spiro atoms. The first-order valence-electron chi connectivity index (χ1n) is 7.59. The molecule has 0 bridgehead atoms. The number of amides is 2. The summed E-state index contributed by atoms with van der Waals surface area (Å²) in [5.74, 6) is 0.243. The van der Waals surface area contributed by atoms with E-state index in [4.69, 9.17) is 0 Å². The first-order chi connectivity index (χ1) is 11.2. The van der Waals surface area contributed by atoms with Crippen molar-refractivity contribution >= 4 is 29.3 Å². The summed E-state index contributed by atoms with van der Waals surface area (Å²) < 4.78 is 0. The normalized spacial score (nSPS) is 13.4. The molecule has 2 amide bonds. The summed E-state index contributed by atoms with van der Waals surface area (Å²) in [7, 11) is 0. The summed E-state index contributed by atoms with van der Waals surface area (Å²) in [6, 6.07) is 17.1. The Kier molecular flexibility index (Phi) is 4.98. The van der Waals surface area contributed by atoms with Gasteiger partial charge >= 0.3 is 0 Å². The van der Waals surface area contributed by atoms with E-state index in [0.717, 1.165) is 17.7 Å². The summed E-state index contributed by atoms with van der Waals surface area (Å²) in [5, 5.41) is 5.78. The summed E-state index contributed by atoms with van der Waals surface area (Å²) >= 11 is 1.49. The fraction of sp³-hybridized carbons (Fsp3) is 0.222. The van der Waals surface area contributed by atoms with Crippen LogP contribution < -0.4 is 10.6 Å². The van der Waals surface area contributed by atoms with E-state index in [1.54, 1.807) is 24.3 Å². The van der Waals surface area contributed by atoms with Crippen molar-refractivity contribution in [2.45, 2.75) is 23.8 Å². The van der Waals surface area contributed by atoms with Gasteiger partial charge in [0.2, 0.25) is 5.91 Å². The van der Waals surface area contributed by atoms with Crippen LogP contribution in [0.3, 0.4) is 0 Å². The zero-order valence-electron chi connectivity index (χ0n) is 12.6. The van der Waals surface area contributed by atoms with Crippen LogP contribution in [0.25, 0.3) is 0 Å². The van der Waals surface area contributed by atoms with Gasteiger partial charge in [-0.2, -0.15) is 0 Å². The zero-order chi connectivity index (χ0) is 16.1. The van der Waals surface area contributed by atoms with Crippen LogP contribution >= 0.6 is 11.8 Å². The fourth-order valence-electron chi connectivity index (χ4n) is 2.06. The number of carbonyl (C=O) groups excluding carboxylic acids is 2. The van der Waals surface area contributed by atoms with Gasteiger partial charge in [-0.1, -0.05) is 18.2 Å². The van der Waals surface area contributed by atoms with Gasteiger partial charge in [0.1, 0.15) is 0 Å².